The van der Waals surface area contributed by atoms with Gasteiger partial charge in [-0.1, -0.05) is 12.1 Å². The first-order chi connectivity index (χ1) is 8.69. The van der Waals surface area contributed by atoms with Crippen molar-refractivity contribution in [2.45, 2.75) is 38.3 Å². The normalized spacial score (nSPS) is 16.1. The molecule has 3 nitrogen and oxygen atoms in total. The van der Waals surface area contributed by atoms with E-state index >= 15 is 0 Å². The first kappa shape index (κ1) is 12.9. The van der Waals surface area contributed by atoms with Gasteiger partial charge in [0.1, 0.15) is 0 Å². The molecule has 96 valence electrons. The van der Waals surface area contributed by atoms with Crippen LogP contribution in [0.4, 0.5) is 5.69 Å². The Labute approximate surface area is 109 Å². The van der Waals surface area contributed by atoms with Gasteiger partial charge in [-0.3, -0.25) is 5.32 Å². The van der Waals surface area contributed by atoms with Gasteiger partial charge in [0.05, 0.1) is 12.1 Å². The topological polar surface area (TPSA) is 39.1 Å². The molecular weight excluding hydrogens is 222 g/mol. The van der Waals surface area contributed by atoms with Gasteiger partial charge < -0.3 is 4.90 Å². The highest BCUT2D eigenvalue weighted by molar-refractivity contribution is 5.47. The molecule has 0 bridgehead atoms. The Morgan fingerprint density at radius 1 is 1.50 bits per heavy atom. The average Bonchev–Trinajstić information content (AvgIpc) is 3.18. The van der Waals surface area contributed by atoms with Crippen molar-refractivity contribution in [3.8, 4) is 6.07 Å². The lowest BCUT2D eigenvalue weighted by Crippen LogP contribution is -2.33. The van der Waals surface area contributed by atoms with Gasteiger partial charge in [-0.2, -0.15) is 5.26 Å². The highest BCUT2D eigenvalue weighted by Crippen LogP contribution is 2.20. The van der Waals surface area contributed by atoms with Crippen molar-refractivity contribution in [3.05, 3.63) is 29.8 Å². The number of anilines is 1. The summed E-state index contributed by atoms with van der Waals surface area (Å²) in [6.07, 6.45) is 3.33. The molecule has 1 N–H and O–H groups in total. The summed E-state index contributed by atoms with van der Waals surface area (Å²) in [4.78, 5) is 2.21. The van der Waals surface area contributed by atoms with Gasteiger partial charge in [0.15, 0.2) is 0 Å². The lowest BCUT2D eigenvalue weighted by molar-refractivity contribution is 0.561. The van der Waals surface area contributed by atoms with Crippen molar-refractivity contribution < 1.29 is 0 Å². The maximum Gasteiger partial charge on any atom is 0.0972 e. The summed E-state index contributed by atoms with van der Waals surface area (Å²) in [6, 6.07) is 11.4. The molecule has 0 heterocycles. The van der Waals surface area contributed by atoms with Crippen LogP contribution >= 0.6 is 0 Å². The van der Waals surface area contributed by atoms with E-state index in [0.29, 0.717) is 6.04 Å². The summed E-state index contributed by atoms with van der Waals surface area (Å²) in [5.74, 6) is 0. The Balaban J connectivity index is 1.83. The highest BCUT2D eigenvalue weighted by Gasteiger charge is 2.24. The zero-order valence-corrected chi connectivity index (χ0v) is 11.2. The van der Waals surface area contributed by atoms with Gasteiger partial charge in [-0.25, -0.2) is 0 Å². The number of nitrogens with one attached hydrogen (secondary N) is 1. The number of hydrogen-bond acceptors (Lipinski definition) is 3. The van der Waals surface area contributed by atoms with Crippen molar-refractivity contribution in [1.29, 1.82) is 5.26 Å². The Morgan fingerprint density at radius 2 is 2.28 bits per heavy atom. The van der Waals surface area contributed by atoms with Crippen molar-refractivity contribution >= 4 is 5.69 Å². The smallest absolute Gasteiger partial charge is 0.0972 e. The molecule has 1 aliphatic carbocycles. The Bertz CT molecular complexity index is 432. The quantitative estimate of drug-likeness (QED) is 0.834. The van der Waals surface area contributed by atoms with Crippen molar-refractivity contribution in [1.82, 2.24) is 5.32 Å². The van der Waals surface area contributed by atoms with Gasteiger partial charge in [0.2, 0.25) is 0 Å². The Hall–Kier alpha value is -1.53. The molecule has 1 unspecified atom stereocenters. The highest BCUT2D eigenvalue weighted by atomic mass is 15.1. The van der Waals surface area contributed by atoms with Crippen LogP contribution in [-0.2, 0) is 0 Å². The fourth-order valence-electron chi connectivity index (χ4n) is 2.04. The monoisotopic (exact) mass is 243 g/mol. The van der Waals surface area contributed by atoms with E-state index < -0.39 is 0 Å². The molecule has 0 spiro atoms. The summed E-state index contributed by atoms with van der Waals surface area (Å²) in [7, 11) is 2.08. The molecule has 2 rings (SSSR count). The van der Waals surface area contributed by atoms with Gasteiger partial charge in [-0.05, 0) is 43.9 Å². The van der Waals surface area contributed by atoms with Gasteiger partial charge >= 0.3 is 0 Å². The summed E-state index contributed by atoms with van der Waals surface area (Å²) in [6.45, 7) is 3.01. The van der Waals surface area contributed by atoms with Crippen molar-refractivity contribution in [3.63, 3.8) is 0 Å². The third kappa shape index (κ3) is 3.75. The second kappa shape index (κ2) is 5.88. The van der Waals surface area contributed by atoms with E-state index in [1.807, 2.05) is 0 Å². The molecule has 1 aromatic rings. The molecule has 0 saturated heterocycles. The summed E-state index contributed by atoms with van der Waals surface area (Å²) in [5.41, 5.74) is 2.49. The lowest BCUT2D eigenvalue weighted by Gasteiger charge is -2.21. The summed E-state index contributed by atoms with van der Waals surface area (Å²) < 4.78 is 0. The number of rotatable bonds is 6. The van der Waals surface area contributed by atoms with Crippen LogP contribution in [0.2, 0.25) is 0 Å². The summed E-state index contributed by atoms with van der Waals surface area (Å²) in [5, 5.41) is 12.5. The third-order valence-electron chi connectivity index (χ3n) is 3.37. The minimum absolute atomic E-state index is 0.00948. The molecule has 1 aromatic carbocycles. The number of hydrogen-bond donors (Lipinski definition) is 1. The fourth-order valence-corrected chi connectivity index (χ4v) is 2.04. The van der Waals surface area contributed by atoms with E-state index in [9.17, 15) is 0 Å². The third-order valence-corrected chi connectivity index (χ3v) is 3.37. The SMILES string of the molecule is Cc1cccc(N(C)CCC(C#N)NC2CC2)c1. The number of nitrogens with zero attached hydrogens (tertiary/aromatic N) is 2. The number of benzene rings is 1. The maximum atomic E-state index is 9.10. The molecule has 0 aliphatic heterocycles. The van der Waals surface area contributed by atoms with Crippen LogP contribution in [0.1, 0.15) is 24.8 Å². The first-order valence-corrected chi connectivity index (χ1v) is 6.62. The Kier molecular flexibility index (Phi) is 4.22. The number of aryl methyl sites for hydroxylation is 1. The molecular formula is C15H21N3. The Morgan fingerprint density at radius 3 is 2.89 bits per heavy atom. The predicted octanol–water partition coefficient (Wildman–Crippen LogP) is 2.47. The van der Waals surface area contributed by atoms with Crippen LogP contribution in [-0.4, -0.2) is 25.7 Å². The van der Waals surface area contributed by atoms with Crippen LogP contribution in [0.15, 0.2) is 24.3 Å². The minimum Gasteiger partial charge on any atom is -0.374 e. The average molecular weight is 243 g/mol. The van der Waals surface area contributed by atoms with E-state index in [-0.39, 0.29) is 6.04 Å². The molecule has 0 aromatic heterocycles. The van der Waals surface area contributed by atoms with Gasteiger partial charge in [0.25, 0.3) is 0 Å². The van der Waals surface area contributed by atoms with Crippen LogP contribution in [0.25, 0.3) is 0 Å². The predicted molar refractivity (Wildman–Crippen MR) is 74.6 cm³/mol. The first-order valence-electron chi connectivity index (χ1n) is 6.62. The van der Waals surface area contributed by atoms with E-state index in [1.165, 1.54) is 24.1 Å². The van der Waals surface area contributed by atoms with Gasteiger partial charge in [-0.15, -0.1) is 0 Å². The molecule has 1 fully saturated rings. The maximum absolute atomic E-state index is 9.10. The van der Waals surface area contributed by atoms with Crippen LogP contribution in [0.3, 0.4) is 0 Å². The zero-order chi connectivity index (χ0) is 13.0. The van der Waals surface area contributed by atoms with Crippen LogP contribution in [0.5, 0.6) is 0 Å². The van der Waals surface area contributed by atoms with E-state index in [4.69, 9.17) is 5.26 Å². The van der Waals surface area contributed by atoms with Crippen LogP contribution < -0.4 is 10.2 Å². The fraction of sp³-hybridized carbons (Fsp3) is 0.533. The lowest BCUT2D eigenvalue weighted by atomic mass is 10.2. The molecule has 1 aliphatic rings. The second-order valence-corrected chi connectivity index (χ2v) is 5.17. The molecule has 1 atom stereocenters. The molecule has 3 heteroatoms. The minimum atomic E-state index is -0.00948. The zero-order valence-electron chi connectivity index (χ0n) is 11.2. The standard InChI is InChI=1S/C15H21N3/c1-12-4-3-5-15(10-12)18(2)9-8-14(11-16)17-13-6-7-13/h3-5,10,13-14,17H,6-9H2,1-2H3. The van der Waals surface area contributed by atoms with E-state index in [1.54, 1.807) is 0 Å². The van der Waals surface area contributed by atoms with E-state index in [0.717, 1.165) is 13.0 Å². The van der Waals surface area contributed by atoms with Crippen molar-refractivity contribution in [2.24, 2.45) is 0 Å². The molecule has 0 amide bonds. The largest absolute Gasteiger partial charge is 0.374 e. The van der Waals surface area contributed by atoms with Gasteiger partial charge in [0, 0.05) is 25.3 Å². The molecule has 0 radical (unpaired) electrons. The second-order valence-electron chi connectivity index (χ2n) is 5.17. The molecule has 1 saturated carbocycles. The van der Waals surface area contributed by atoms with E-state index in [2.05, 4.69) is 54.5 Å². The molecule has 18 heavy (non-hydrogen) atoms. The van der Waals surface area contributed by atoms with Crippen LogP contribution in [0, 0.1) is 18.3 Å². The van der Waals surface area contributed by atoms with Crippen molar-refractivity contribution in [2.75, 3.05) is 18.5 Å². The summed E-state index contributed by atoms with van der Waals surface area (Å²) >= 11 is 0. The number of nitriles is 1.